The number of nitro benzene ring substituents is 1. The van der Waals surface area contributed by atoms with E-state index in [0.717, 1.165) is 0 Å². The first-order valence-corrected chi connectivity index (χ1v) is 5.18. The fourth-order valence-electron chi connectivity index (χ4n) is 1.06. The van der Waals surface area contributed by atoms with E-state index < -0.39 is 10.9 Å². The van der Waals surface area contributed by atoms with Crippen LogP contribution in [0.2, 0.25) is 0 Å². The lowest BCUT2D eigenvalue weighted by molar-refractivity contribution is -0.385. The maximum atomic E-state index is 10.7. The number of rotatable bonds is 3. The van der Waals surface area contributed by atoms with Crippen LogP contribution in [0.5, 0.6) is 5.75 Å². The molecule has 0 N–H and O–H groups in total. The number of ether oxygens (including phenoxy) is 1. The highest BCUT2D eigenvalue weighted by Crippen LogP contribution is 2.26. The van der Waals surface area contributed by atoms with Gasteiger partial charge in [-0.1, -0.05) is 15.9 Å². The van der Waals surface area contributed by atoms with Crippen LogP contribution < -0.4 is 4.74 Å². The van der Waals surface area contributed by atoms with Gasteiger partial charge >= 0.3 is 5.97 Å². The van der Waals surface area contributed by atoms with Crippen molar-refractivity contribution in [2.24, 2.45) is 0 Å². The zero-order valence-corrected chi connectivity index (χ0v) is 9.48. The first kappa shape index (κ1) is 11.6. The van der Waals surface area contributed by atoms with Gasteiger partial charge < -0.3 is 4.74 Å². The van der Waals surface area contributed by atoms with E-state index in [4.69, 9.17) is 4.74 Å². The minimum absolute atomic E-state index is 0.0642. The molecule has 80 valence electrons. The number of halogens is 1. The quantitative estimate of drug-likeness (QED) is 0.279. The van der Waals surface area contributed by atoms with Crippen LogP contribution >= 0.6 is 15.9 Å². The molecule has 0 saturated carbocycles. The Kier molecular flexibility index (Phi) is 3.79. The summed E-state index contributed by atoms with van der Waals surface area (Å²) in [7, 11) is 0. The Morgan fingerprint density at radius 2 is 2.27 bits per heavy atom. The Labute approximate surface area is 94.3 Å². The van der Waals surface area contributed by atoms with E-state index >= 15 is 0 Å². The van der Waals surface area contributed by atoms with Gasteiger partial charge in [-0.15, -0.1) is 0 Å². The number of benzene rings is 1. The van der Waals surface area contributed by atoms with Gasteiger partial charge in [0, 0.05) is 17.8 Å². The van der Waals surface area contributed by atoms with Crippen molar-refractivity contribution in [3.05, 3.63) is 33.9 Å². The number of esters is 1. The Bertz CT molecular complexity index is 405. The Hall–Kier alpha value is -1.43. The van der Waals surface area contributed by atoms with Gasteiger partial charge in [0.05, 0.1) is 11.0 Å². The van der Waals surface area contributed by atoms with Gasteiger partial charge in [-0.25, -0.2) is 0 Å². The molecule has 5 nitrogen and oxygen atoms in total. The number of carbonyl (C=O) groups is 1. The molecular weight excluding hydrogens is 266 g/mol. The van der Waals surface area contributed by atoms with E-state index in [0.29, 0.717) is 10.9 Å². The molecule has 0 amide bonds. The summed E-state index contributed by atoms with van der Waals surface area (Å²) in [4.78, 5) is 20.8. The lowest BCUT2D eigenvalue weighted by Crippen LogP contribution is -2.02. The van der Waals surface area contributed by atoms with Crippen molar-refractivity contribution < 1.29 is 14.5 Å². The maximum Gasteiger partial charge on any atom is 0.308 e. The van der Waals surface area contributed by atoms with E-state index in [9.17, 15) is 14.9 Å². The molecule has 0 atom stereocenters. The van der Waals surface area contributed by atoms with Crippen LogP contribution in [0.4, 0.5) is 5.69 Å². The highest BCUT2D eigenvalue weighted by Gasteiger charge is 2.14. The smallest absolute Gasteiger partial charge is 0.308 e. The molecule has 0 spiro atoms. The zero-order chi connectivity index (χ0) is 11.4. The van der Waals surface area contributed by atoms with Crippen molar-refractivity contribution in [2.75, 3.05) is 0 Å². The SMILES string of the molecule is CC(=O)Oc1ccc(CBr)c([N+](=O)[O-])c1. The number of nitro groups is 1. The first-order valence-electron chi connectivity index (χ1n) is 4.06. The summed E-state index contributed by atoms with van der Waals surface area (Å²) in [6.45, 7) is 1.24. The molecule has 0 aliphatic rings. The minimum atomic E-state index is -0.510. The summed E-state index contributed by atoms with van der Waals surface area (Å²) < 4.78 is 4.75. The van der Waals surface area contributed by atoms with Gasteiger partial charge in [-0.2, -0.15) is 0 Å². The number of hydrogen-bond donors (Lipinski definition) is 0. The van der Waals surface area contributed by atoms with Crippen LogP contribution in [0.15, 0.2) is 18.2 Å². The highest BCUT2D eigenvalue weighted by molar-refractivity contribution is 9.08. The second-order valence-electron chi connectivity index (χ2n) is 2.77. The van der Waals surface area contributed by atoms with E-state index in [1.54, 1.807) is 6.07 Å². The average Bonchev–Trinajstić information content (AvgIpc) is 2.16. The van der Waals surface area contributed by atoms with E-state index in [1.165, 1.54) is 19.1 Å². The molecule has 6 heteroatoms. The van der Waals surface area contributed by atoms with Crippen LogP contribution in [-0.2, 0) is 10.1 Å². The van der Waals surface area contributed by atoms with E-state index in [2.05, 4.69) is 15.9 Å². The molecule has 1 aromatic carbocycles. The van der Waals surface area contributed by atoms with Crippen LogP contribution in [0.25, 0.3) is 0 Å². The third kappa shape index (κ3) is 3.02. The lowest BCUT2D eigenvalue weighted by atomic mass is 10.2. The molecule has 0 unspecified atom stereocenters. The number of hydrogen-bond acceptors (Lipinski definition) is 4. The molecule has 0 aliphatic carbocycles. The van der Waals surface area contributed by atoms with Gasteiger partial charge in [0.2, 0.25) is 0 Å². The third-order valence-electron chi connectivity index (χ3n) is 1.66. The van der Waals surface area contributed by atoms with Crippen LogP contribution in [-0.4, -0.2) is 10.9 Å². The monoisotopic (exact) mass is 273 g/mol. The molecule has 0 heterocycles. The Morgan fingerprint density at radius 3 is 2.73 bits per heavy atom. The Balaban J connectivity index is 3.10. The van der Waals surface area contributed by atoms with Gasteiger partial charge in [0.25, 0.3) is 5.69 Å². The molecule has 0 aromatic heterocycles. The first-order chi connectivity index (χ1) is 7.04. The summed E-state index contributed by atoms with van der Waals surface area (Å²) in [6, 6.07) is 4.30. The summed E-state index contributed by atoms with van der Waals surface area (Å²) in [5.41, 5.74) is 0.474. The largest absolute Gasteiger partial charge is 0.426 e. The summed E-state index contributed by atoms with van der Waals surface area (Å²) in [5, 5.41) is 11.0. The van der Waals surface area contributed by atoms with Gasteiger partial charge in [-0.05, 0) is 12.1 Å². The topological polar surface area (TPSA) is 69.4 Å². The summed E-state index contributed by atoms with van der Waals surface area (Å²) >= 11 is 3.14. The molecule has 0 radical (unpaired) electrons. The predicted octanol–water partition coefficient (Wildman–Crippen LogP) is 2.42. The summed E-state index contributed by atoms with van der Waals surface area (Å²) in [5.74, 6) is -0.324. The Morgan fingerprint density at radius 1 is 1.60 bits per heavy atom. The summed E-state index contributed by atoms with van der Waals surface area (Å²) in [6.07, 6.45) is 0. The predicted molar refractivity (Wildman–Crippen MR) is 57.0 cm³/mol. The third-order valence-corrected chi connectivity index (χ3v) is 2.26. The van der Waals surface area contributed by atoms with Crippen molar-refractivity contribution >= 4 is 27.6 Å². The number of alkyl halides is 1. The molecule has 0 saturated heterocycles. The second-order valence-corrected chi connectivity index (χ2v) is 3.34. The van der Waals surface area contributed by atoms with Crippen LogP contribution in [0, 0.1) is 10.1 Å². The molecule has 1 aromatic rings. The van der Waals surface area contributed by atoms with E-state index in [1.807, 2.05) is 0 Å². The van der Waals surface area contributed by atoms with Crippen LogP contribution in [0.3, 0.4) is 0 Å². The zero-order valence-electron chi connectivity index (χ0n) is 7.90. The average molecular weight is 274 g/mol. The van der Waals surface area contributed by atoms with Crippen molar-refractivity contribution in [3.63, 3.8) is 0 Å². The van der Waals surface area contributed by atoms with Gasteiger partial charge in [0.15, 0.2) is 0 Å². The normalized spacial score (nSPS) is 9.73. The fraction of sp³-hybridized carbons (Fsp3) is 0.222. The molecule has 0 fully saturated rings. The van der Waals surface area contributed by atoms with Gasteiger partial charge in [0.1, 0.15) is 5.75 Å². The maximum absolute atomic E-state index is 10.7. The molecule has 15 heavy (non-hydrogen) atoms. The van der Waals surface area contributed by atoms with Crippen molar-refractivity contribution in [1.82, 2.24) is 0 Å². The fourth-order valence-corrected chi connectivity index (χ4v) is 1.53. The molecule has 0 bridgehead atoms. The van der Waals surface area contributed by atoms with E-state index in [-0.39, 0.29) is 11.4 Å². The molecular formula is C9H8BrNO4. The highest BCUT2D eigenvalue weighted by atomic mass is 79.9. The second kappa shape index (κ2) is 4.88. The van der Waals surface area contributed by atoms with Crippen molar-refractivity contribution in [3.8, 4) is 5.75 Å². The van der Waals surface area contributed by atoms with Crippen molar-refractivity contribution in [2.45, 2.75) is 12.3 Å². The number of carbonyl (C=O) groups excluding carboxylic acids is 1. The number of nitrogens with zero attached hydrogens (tertiary/aromatic N) is 1. The lowest BCUT2D eigenvalue weighted by Gasteiger charge is -2.03. The van der Waals surface area contributed by atoms with Gasteiger partial charge in [-0.3, -0.25) is 14.9 Å². The minimum Gasteiger partial charge on any atom is -0.426 e. The molecule has 0 aliphatic heterocycles. The van der Waals surface area contributed by atoms with Crippen molar-refractivity contribution in [1.29, 1.82) is 0 Å². The standard InChI is InChI=1S/C9H8BrNO4/c1-6(12)15-8-3-2-7(5-10)9(4-8)11(13)14/h2-4H,5H2,1H3. The molecule has 1 rings (SSSR count). The van der Waals surface area contributed by atoms with Crippen LogP contribution in [0.1, 0.15) is 12.5 Å².